The van der Waals surface area contributed by atoms with Gasteiger partial charge in [-0.05, 0) is 48.9 Å². The molecule has 0 bridgehead atoms. The molecule has 0 spiro atoms. The predicted molar refractivity (Wildman–Crippen MR) is 81.5 cm³/mol. The van der Waals surface area contributed by atoms with Crippen molar-refractivity contribution in [2.75, 3.05) is 13.7 Å². The number of methoxy groups -OCH3 is 1. The minimum absolute atomic E-state index is 0.267. The van der Waals surface area contributed by atoms with E-state index in [1.54, 1.807) is 13.2 Å². The number of nitrogens with two attached hydrogens (primary N) is 1. The number of halogens is 2. The van der Waals surface area contributed by atoms with Crippen molar-refractivity contribution in [2.24, 2.45) is 5.73 Å². The van der Waals surface area contributed by atoms with Gasteiger partial charge in [-0.15, -0.1) is 0 Å². The average molecular weight is 310 g/mol. The van der Waals surface area contributed by atoms with Gasteiger partial charge >= 0.3 is 0 Å². The van der Waals surface area contributed by atoms with Gasteiger partial charge in [-0.2, -0.15) is 0 Å². The third-order valence-electron chi connectivity index (χ3n) is 3.08. The van der Waals surface area contributed by atoms with Crippen molar-refractivity contribution >= 4 is 11.6 Å². The Balaban J connectivity index is 2.15. The summed E-state index contributed by atoms with van der Waals surface area (Å²) in [5, 5.41) is 0.351. The molecule has 2 N–H and O–H groups in total. The van der Waals surface area contributed by atoms with Gasteiger partial charge in [0.05, 0.1) is 12.1 Å². The molecule has 3 nitrogen and oxygen atoms in total. The minimum Gasteiger partial charge on any atom is -0.497 e. The van der Waals surface area contributed by atoms with Crippen LogP contribution in [0.5, 0.6) is 11.5 Å². The van der Waals surface area contributed by atoms with Crippen molar-refractivity contribution in [1.29, 1.82) is 0 Å². The van der Waals surface area contributed by atoms with E-state index in [2.05, 4.69) is 0 Å². The van der Waals surface area contributed by atoms with Gasteiger partial charge in [-0.1, -0.05) is 17.7 Å². The lowest BCUT2D eigenvalue weighted by molar-refractivity contribution is 0.302. The van der Waals surface area contributed by atoms with Crippen molar-refractivity contribution in [1.82, 2.24) is 0 Å². The highest BCUT2D eigenvalue weighted by Gasteiger charge is 2.08. The number of hydrogen-bond acceptors (Lipinski definition) is 3. The molecular weight excluding hydrogens is 293 g/mol. The van der Waals surface area contributed by atoms with Crippen LogP contribution in [0.25, 0.3) is 0 Å². The molecule has 21 heavy (non-hydrogen) atoms. The van der Waals surface area contributed by atoms with Gasteiger partial charge in [-0.25, -0.2) is 4.39 Å². The monoisotopic (exact) mass is 309 g/mol. The Morgan fingerprint density at radius 2 is 1.95 bits per heavy atom. The SMILES string of the molecule is COc1ccc(OCc2ccc(F)cc2Cl)c(CCN)c1. The number of rotatable bonds is 6. The highest BCUT2D eigenvalue weighted by molar-refractivity contribution is 6.31. The van der Waals surface area contributed by atoms with Crippen LogP contribution in [0.15, 0.2) is 36.4 Å². The molecule has 0 atom stereocenters. The molecule has 0 heterocycles. The van der Waals surface area contributed by atoms with Crippen LogP contribution in [0.1, 0.15) is 11.1 Å². The van der Waals surface area contributed by atoms with E-state index in [-0.39, 0.29) is 12.4 Å². The van der Waals surface area contributed by atoms with Gasteiger partial charge in [-0.3, -0.25) is 0 Å². The van der Waals surface area contributed by atoms with Crippen LogP contribution in [0, 0.1) is 5.82 Å². The maximum atomic E-state index is 13.0. The standard InChI is InChI=1S/C16H17ClFNO2/c1-20-14-4-5-16(11(8-14)6-7-19)21-10-12-2-3-13(18)9-15(12)17/h2-5,8-9H,6-7,10,19H2,1H3. The van der Waals surface area contributed by atoms with E-state index in [9.17, 15) is 4.39 Å². The summed E-state index contributed by atoms with van der Waals surface area (Å²) in [6.45, 7) is 0.782. The number of benzene rings is 2. The maximum absolute atomic E-state index is 13.0. The van der Waals surface area contributed by atoms with Gasteiger partial charge in [0.25, 0.3) is 0 Å². The van der Waals surface area contributed by atoms with Crippen LogP contribution >= 0.6 is 11.6 Å². The van der Waals surface area contributed by atoms with Gasteiger partial charge in [0.2, 0.25) is 0 Å². The molecule has 2 aromatic rings. The van der Waals surface area contributed by atoms with Crippen molar-refractivity contribution in [3.63, 3.8) is 0 Å². The summed E-state index contributed by atoms with van der Waals surface area (Å²) >= 11 is 5.98. The molecule has 0 saturated heterocycles. The van der Waals surface area contributed by atoms with Crippen LogP contribution in [0.4, 0.5) is 4.39 Å². The van der Waals surface area contributed by atoms with Gasteiger partial charge < -0.3 is 15.2 Å². The van der Waals surface area contributed by atoms with Gasteiger partial charge in [0.1, 0.15) is 23.9 Å². The van der Waals surface area contributed by atoms with E-state index >= 15 is 0 Å². The molecule has 112 valence electrons. The lowest BCUT2D eigenvalue weighted by Gasteiger charge is -2.13. The quantitative estimate of drug-likeness (QED) is 0.887. The summed E-state index contributed by atoms with van der Waals surface area (Å²) in [5.41, 5.74) is 7.31. The first kappa shape index (κ1) is 15.6. The molecule has 5 heteroatoms. The molecule has 2 aromatic carbocycles. The van der Waals surface area contributed by atoms with Crippen LogP contribution in [0.3, 0.4) is 0 Å². The molecular formula is C16H17ClFNO2. The second kappa shape index (κ2) is 7.29. The Morgan fingerprint density at radius 1 is 1.14 bits per heavy atom. The fourth-order valence-corrected chi connectivity index (χ4v) is 2.19. The molecule has 0 aliphatic rings. The smallest absolute Gasteiger partial charge is 0.124 e. The predicted octanol–water partition coefficient (Wildman–Crippen LogP) is 3.57. The van der Waals surface area contributed by atoms with Gasteiger partial charge in [0.15, 0.2) is 0 Å². The molecule has 0 aromatic heterocycles. The summed E-state index contributed by atoms with van der Waals surface area (Å²) in [4.78, 5) is 0. The van der Waals surface area contributed by atoms with Crippen molar-refractivity contribution in [3.8, 4) is 11.5 Å². The second-order valence-electron chi connectivity index (χ2n) is 4.54. The Bertz CT molecular complexity index is 619. The first-order valence-corrected chi connectivity index (χ1v) is 6.95. The topological polar surface area (TPSA) is 44.5 Å². The number of hydrogen-bond donors (Lipinski definition) is 1. The van der Waals surface area contributed by atoms with Crippen LogP contribution in [0.2, 0.25) is 5.02 Å². The molecule has 0 saturated carbocycles. The molecule has 0 fully saturated rings. The van der Waals surface area contributed by atoms with E-state index in [0.717, 1.165) is 22.6 Å². The fourth-order valence-electron chi connectivity index (χ4n) is 1.97. The zero-order valence-electron chi connectivity index (χ0n) is 11.7. The van der Waals surface area contributed by atoms with Crippen LogP contribution in [-0.4, -0.2) is 13.7 Å². The lowest BCUT2D eigenvalue weighted by atomic mass is 10.1. The third kappa shape index (κ3) is 4.09. The summed E-state index contributed by atoms with van der Waals surface area (Å²) < 4.78 is 24.0. The second-order valence-corrected chi connectivity index (χ2v) is 4.94. The van der Waals surface area contributed by atoms with Crippen molar-refractivity contribution in [2.45, 2.75) is 13.0 Å². The minimum atomic E-state index is -0.364. The molecule has 0 aliphatic heterocycles. The zero-order valence-corrected chi connectivity index (χ0v) is 12.5. The molecule has 0 amide bonds. The first-order valence-electron chi connectivity index (χ1n) is 6.57. The molecule has 2 rings (SSSR count). The Kier molecular flexibility index (Phi) is 5.42. The van der Waals surface area contributed by atoms with Gasteiger partial charge in [0, 0.05) is 5.56 Å². The Morgan fingerprint density at radius 3 is 2.62 bits per heavy atom. The fraction of sp³-hybridized carbons (Fsp3) is 0.250. The average Bonchev–Trinajstić information content (AvgIpc) is 2.47. The Labute approximate surface area is 128 Å². The van der Waals surface area contributed by atoms with E-state index in [0.29, 0.717) is 18.0 Å². The largest absolute Gasteiger partial charge is 0.497 e. The van der Waals surface area contributed by atoms with E-state index in [4.69, 9.17) is 26.8 Å². The summed E-state index contributed by atoms with van der Waals surface area (Å²) in [7, 11) is 1.61. The van der Waals surface area contributed by atoms with Crippen molar-refractivity contribution in [3.05, 3.63) is 58.4 Å². The maximum Gasteiger partial charge on any atom is 0.124 e. The first-order chi connectivity index (χ1) is 10.1. The van der Waals surface area contributed by atoms with Crippen molar-refractivity contribution < 1.29 is 13.9 Å². The summed E-state index contributed by atoms with van der Waals surface area (Å²) in [6.07, 6.45) is 0.684. The highest BCUT2D eigenvalue weighted by Crippen LogP contribution is 2.26. The molecule has 0 unspecified atom stereocenters. The Hall–Kier alpha value is -1.78. The van der Waals surface area contributed by atoms with E-state index in [1.165, 1.54) is 12.1 Å². The molecule has 0 radical (unpaired) electrons. The number of ether oxygens (including phenoxy) is 2. The summed E-state index contributed by atoms with van der Waals surface area (Å²) in [5.74, 6) is 1.12. The van der Waals surface area contributed by atoms with Crippen LogP contribution < -0.4 is 15.2 Å². The molecule has 0 aliphatic carbocycles. The third-order valence-corrected chi connectivity index (χ3v) is 3.43. The highest BCUT2D eigenvalue weighted by atomic mass is 35.5. The lowest BCUT2D eigenvalue weighted by Crippen LogP contribution is -2.06. The van der Waals surface area contributed by atoms with E-state index in [1.807, 2.05) is 18.2 Å². The van der Waals surface area contributed by atoms with E-state index < -0.39 is 0 Å². The normalized spacial score (nSPS) is 10.5. The zero-order chi connectivity index (χ0) is 15.2. The summed E-state index contributed by atoms with van der Waals surface area (Å²) in [6, 6.07) is 9.80. The van der Waals surface area contributed by atoms with Crippen LogP contribution in [-0.2, 0) is 13.0 Å².